The molecule has 0 fully saturated rings. The summed E-state index contributed by atoms with van der Waals surface area (Å²) in [5.41, 5.74) is -0.619. The first-order chi connectivity index (χ1) is 9.10. The van der Waals surface area contributed by atoms with E-state index < -0.39 is 29.0 Å². The van der Waals surface area contributed by atoms with Gasteiger partial charge in [-0.3, -0.25) is 4.79 Å². The lowest BCUT2D eigenvalue weighted by Gasteiger charge is -2.15. The van der Waals surface area contributed by atoms with Crippen LogP contribution in [-0.4, -0.2) is 18.4 Å². The summed E-state index contributed by atoms with van der Waals surface area (Å²) in [5.74, 6) is -2.37. The van der Waals surface area contributed by atoms with E-state index in [0.29, 0.717) is 18.4 Å². The lowest BCUT2D eigenvalue weighted by Crippen LogP contribution is -2.37. The molecule has 3 nitrogen and oxygen atoms in total. The monoisotopic (exact) mass is 267 g/mol. The molecule has 19 heavy (non-hydrogen) atoms. The van der Waals surface area contributed by atoms with Crippen LogP contribution < -0.4 is 5.32 Å². The van der Waals surface area contributed by atoms with E-state index in [2.05, 4.69) is 5.32 Å². The third-order valence-corrected chi connectivity index (χ3v) is 3.06. The van der Waals surface area contributed by atoms with Crippen LogP contribution in [0.5, 0.6) is 0 Å². The standard InChI is InChI=1S/C14H15F2NO2/c1-3-10(17-4-2)13(18)11-9(15)7-8-5-6-19-14(8)12(11)16/h5-7,10,17H,3-4H2,1-2H3. The predicted octanol–water partition coefficient (Wildman–Crippen LogP) is 3.28. The molecule has 1 N–H and O–H groups in total. The van der Waals surface area contributed by atoms with Gasteiger partial charge in [-0.1, -0.05) is 13.8 Å². The van der Waals surface area contributed by atoms with Crippen molar-refractivity contribution < 1.29 is 18.0 Å². The lowest BCUT2D eigenvalue weighted by atomic mass is 10.00. The lowest BCUT2D eigenvalue weighted by molar-refractivity contribution is 0.0933. The van der Waals surface area contributed by atoms with Crippen molar-refractivity contribution in [1.29, 1.82) is 0 Å². The Hall–Kier alpha value is -1.75. The van der Waals surface area contributed by atoms with E-state index in [9.17, 15) is 13.6 Å². The van der Waals surface area contributed by atoms with Crippen LogP contribution in [-0.2, 0) is 0 Å². The molecule has 5 heteroatoms. The smallest absolute Gasteiger partial charge is 0.185 e. The van der Waals surface area contributed by atoms with E-state index >= 15 is 0 Å². The van der Waals surface area contributed by atoms with E-state index in [1.165, 1.54) is 12.3 Å². The number of halogens is 2. The zero-order chi connectivity index (χ0) is 14.0. The number of benzene rings is 1. The van der Waals surface area contributed by atoms with Gasteiger partial charge in [-0.05, 0) is 25.1 Å². The third-order valence-electron chi connectivity index (χ3n) is 3.06. The molecule has 0 amide bonds. The zero-order valence-electron chi connectivity index (χ0n) is 10.8. The van der Waals surface area contributed by atoms with E-state index in [-0.39, 0.29) is 5.58 Å². The van der Waals surface area contributed by atoms with Crippen LogP contribution in [0.25, 0.3) is 11.0 Å². The fraction of sp³-hybridized carbons (Fsp3) is 0.357. The molecular weight excluding hydrogens is 252 g/mol. The highest BCUT2D eigenvalue weighted by Crippen LogP contribution is 2.26. The van der Waals surface area contributed by atoms with E-state index in [4.69, 9.17) is 4.42 Å². The van der Waals surface area contributed by atoms with Crippen molar-refractivity contribution in [1.82, 2.24) is 5.32 Å². The van der Waals surface area contributed by atoms with Gasteiger partial charge in [-0.25, -0.2) is 8.78 Å². The number of likely N-dealkylation sites (N-methyl/N-ethyl adjacent to an activating group) is 1. The van der Waals surface area contributed by atoms with E-state index in [1.807, 2.05) is 6.92 Å². The maximum absolute atomic E-state index is 14.2. The molecule has 1 aromatic heterocycles. The van der Waals surface area contributed by atoms with Crippen molar-refractivity contribution in [2.75, 3.05) is 6.54 Å². The Morgan fingerprint density at radius 3 is 2.79 bits per heavy atom. The molecule has 1 aromatic carbocycles. The van der Waals surface area contributed by atoms with Crippen LogP contribution in [0.3, 0.4) is 0 Å². The molecule has 1 heterocycles. The Morgan fingerprint density at radius 1 is 1.42 bits per heavy atom. The molecule has 0 aliphatic carbocycles. The van der Waals surface area contributed by atoms with Crippen molar-refractivity contribution in [3.8, 4) is 0 Å². The average Bonchev–Trinajstić information content (AvgIpc) is 2.83. The van der Waals surface area contributed by atoms with Gasteiger partial charge in [0.2, 0.25) is 0 Å². The number of carbonyl (C=O) groups excluding carboxylic acids is 1. The second-order valence-corrected chi connectivity index (χ2v) is 4.27. The van der Waals surface area contributed by atoms with Gasteiger partial charge in [-0.15, -0.1) is 0 Å². The third kappa shape index (κ3) is 2.38. The normalized spacial score (nSPS) is 12.8. The first-order valence-electron chi connectivity index (χ1n) is 6.22. The number of nitrogens with one attached hydrogen (secondary N) is 1. The highest BCUT2D eigenvalue weighted by molar-refractivity contribution is 6.03. The summed E-state index contributed by atoms with van der Waals surface area (Å²) in [4.78, 5) is 12.2. The van der Waals surface area contributed by atoms with Crippen LogP contribution in [0.2, 0.25) is 0 Å². The molecule has 102 valence electrons. The van der Waals surface area contributed by atoms with Crippen LogP contribution in [0.15, 0.2) is 22.8 Å². The number of hydrogen-bond donors (Lipinski definition) is 1. The molecule has 1 atom stereocenters. The Labute approximate surface area is 109 Å². The maximum Gasteiger partial charge on any atom is 0.185 e. The molecule has 0 saturated carbocycles. The minimum atomic E-state index is -0.929. The van der Waals surface area contributed by atoms with Gasteiger partial charge in [-0.2, -0.15) is 0 Å². The van der Waals surface area contributed by atoms with Crippen molar-refractivity contribution in [2.45, 2.75) is 26.3 Å². The minimum Gasteiger partial charge on any atom is -0.461 e. The fourth-order valence-electron chi connectivity index (χ4n) is 2.11. The highest BCUT2D eigenvalue weighted by Gasteiger charge is 2.26. The first kappa shape index (κ1) is 13.7. The number of hydrogen-bond acceptors (Lipinski definition) is 3. The second kappa shape index (κ2) is 5.48. The molecule has 0 saturated heterocycles. The Morgan fingerprint density at radius 2 is 2.16 bits per heavy atom. The molecule has 0 radical (unpaired) electrons. The number of furan rings is 1. The predicted molar refractivity (Wildman–Crippen MR) is 68.2 cm³/mol. The molecule has 0 aliphatic rings. The summed E-state index contributed by atoms with van der Waals surface area (Å²) in [6, 6.07) is 1.98. The highest BCUT2D eigenvalue weighted by atomic mass is 19.1. The Kier molecular flexibility index (Phi) is 3.95. The van der Waals surface area contributed by atoms with Crippen LogP contribution in [0.1, 0.15) is 30.6 Å². The molecule has 2 aromatic rings. The molecule has 0 aliphatic heterocycles. The van der Waals surface area contributed by atoms with Crippen molar-refractivity contribution in [2.24, 2.45) is 0 Å². The van der Waals surface area contributed by atoms with Gasteiger partial charge in [0.25, 0.3) is 0 Å². The molecule has 0 bridgehead atoms. The van der Waals surface area contributed by atoms with Crippen LogP contribution >= 0.6 is 0 Å². The van der Waals surface area contributed by atoms with Crippen LogP contribution in [0.4, 0.5) is 8.78 Å². The second-order valence-electron chi connectivity index (χ2n) is 4.27. The van der Waals surface area contributed by atoms with Crippen molar-refractivity contribution in [3.63, 3.8) is 0 Å². The zero-order valence-corrected chi connectivity index (χ0v) is 10.8. The molecular formula is C14H15F2NO2. The van der Waals surface area contributed by atoms with Gasteiger partial charge in [0, 0.05) is 5.39 Å². The van der Waals surface area contributed by atoms with Gasteiger partial charge in [0.15, 0.2) is 17.2 Å². The summed E-state index contributed by atoms with van der Waals surface area (Å²) < 4.78 is 33.0. The number of fused-ring (bicyclic) bond motifs is 1. The number of rotatable bonds is 5. The summed E-state index contributed by atoms with van der Waals surface area (Å²) in [5, 5.41) is 3.22. The summed E-state index contributed by atoms with van der Waals surface area (Å²) in [6.45, 7) is 4.17. The van der Waals surface area contributed by atoms with Crippen molar-refractivity contribution >= 4 is 16.8 Å². The fourth-order valence-corrected chi connectivity index (χ4v) is 2.11. The van der Waals surface area contributed by atoms with Gasteiger partial charge < -0.3 is 9.73 Å². The number of ketones is 1. The largest absolute Gasteiger partial charge is 0.461 e. The van der Waals surface area contributed by atoms with Gasteiger partial charge in [0.05, 0.1) is 17.9 Å². The molecule has 0 spiro atoms. The average molecular weight is 267 g/mol. The Balaban J connectivity index is 2.51. The Bertz CT molecular complexity index is 607. The van der Waals surface area contributed by atoms with Crippen molar-refractivity contribution in [3.05, 3.63) is 35.6 Å². The topological polar surface area (TPSA) is 42.2 Å². The summed E-state index contributed by atoms with van der Waals surface area (Å²) in [6.07, 6.45) is 1.73. The van der Waals surface area contributed by atoms with Crippen LogP contribution in [0, 0.1) is 11.6 Å². The quantitative estimate of drug-likeness (QED) is 0.845. The maximum atomic E-state index is 14.2. The number of carbonyl (C=O) groups is 1. The van der Waals surface area contributed by atoms with Gasteiger partial charge >= 0.3 is 0 Å². The first-order valence-corrected chi connectivity index (χ1v) is 6.22. The van der Waals surface area contributed by atoms with E-state index in [0.717, 1.165) is 6.07 Å². The number of Topliss-reactive ketones (excluding diaryl/α,β-unsaturated/α-hetero) is 1. The SMILES string of the molecule is CCNC(CC)C(=O)c1c(F)cc2ccoc2c1F. The molecule has 1 unspecified atom stereocenters. The van der Waals surface area contributed by atoms with E-state index in [1.54, 1.807) is 6.92 Å². The summed E-state index contributed by atoms with van der Waals surface area (Å²) >= 11 is 0. The molecule has 2 rings (SSSR count). The summed E-state index contributed by atoms with van der Waals surface area (Å²) in [7, 11) is 0. The minimum absolute atomic E-state index is 0.0869. The van der Waals surface area contributed by atoms with Gasteiger partial charge in [0.1, 0.15) is 5.82 Å².